The lowest BCUT2D eigenvalue weighted by molar-refractivity contribution is 0.476. The number of halogens is 2. The Balaban J connectivity index is 2.35. The molecule has 22 heavy (non-hydrogen) atoms. The van der Waals surface area contributed by atoms with Crippen LogP contribution in [0.25, 0.3) is 0 Å². The normalized spacial score (nSPS) is 11.7. The summed E-state index contributed by atoms with van der Waals surface area (Å²) < 4.78 is 43.8. The minimum absolute atomic E-state index is 0.0747. The van der Waals surface area contributed by atoms with Crippen molar-refractivity contribution in [1.29, 1.82) is 0 Å². The molecule has 0 aliphatic heterocycles. The van der Waals surface area contributed by atoms with Crippen LogP contribution < -0.4 is 4.74 Å². The summed E-state index contributed by atoms with van der Waals surface area (Å²) in [5.41, 5.74) is 0.612. The van der Waals surface area contributed by atoms with E-state index in [1.807, 2.05) is 0 Å². The molecule has 0 bridgehead atoms. The summed E-state index contributed by atoms with van der Waals surface area (Å²) in [6.07, 6.45) is 0. The highest BCUT2D eigenvalue weighted by molar-refractivity contribution is 7.89. The summed E-state index contributed by atoms with van der Waals surface area (Å²) in [4.78, 5) is 0.0747. The Bertz CT molecular complexity index is 806. The lowest BCUT2D eigenvalue weighted by Gasteiger charge is -2.14. The molecule has 0 atom stereocenters. The van der Waals surface area contributed by atoms with Gasteiger partial charge in [0.2, 0.25) is 10.0 Å². The van der Waals surface area contributed by atoms with Gasteiger partial charge < -0.3 is 4.74 Å². The summed E-state index contributed by atoms with van der Waals surface area (Å²) >= 11 is 6.09. The Labute approximate surface area is 134 Å². The van der Waals surface area contributed by atoms with Crippen LogP contribution in [-0.4, -0.2) is 26.8 Å². The second-order valence-corrected chi connectivity index (χ2v) is 7.45. The quantitative estimate of drug-likeness (QED) is 0.847. The van der Waals surface area contributed by atoms with Crippen LogP contribution in [-0.2, 0) is 10.0 Å². The molecule has 2 aromatic rings. The lowest BCUT2D eigenvalue weighted by atomic mass is 10.2. The third kappa shape index (κ3) is 3.40. The molecule has 0 saturated heterocycles. The molecular weight excluding hydrogens is 329 g/mol. The number of rotatable bonds is 4. The van der Waals surface area contributed by atoms with Crippen molar-refractivity contribution in [3.8, 4) is 11.5 Å². The van der Waals surface area contributed by atoms with Crippen molar-refractivity contribution in [2.45, 2.75) is 11.8 Å². The second-order valence-electron chi connectivity index (χ2n) is 4.89. The van der Waals surface area contributed by atoms with E-state index in [-0.39, 0.29) is 15.7 Å². The van der Waals surface area contributed by atoms with E-state index < -0.39 is 10.0 Å². The molecule has 4 nitrogen and oxygen atoms in total. The Morgan fingerprint density at radius 1 is 1.09 bits per heavy atom. The standard InChI is InChI=1S/C15H15ClFNO3S/c1-10-8-11(17)4-6-14(10)21-15-7-5-12(9-13(15)16)22(19,20)18(2)3/h4-9H,1-3H3. The second kappa shape index (κ2) is 6.24. The summed E-state index contributed by atoms with van der Waals surface area (Å²) in [5.74, 6) is 0.393. The van der Waals surface area contributed by atoms with Crippen molar-refractivity contribution in [2.24, 2.45) is 0 Å². The third-order valence-corrected chi connectivity index (χ3v) is 5.15. The highest BCUT2D eigenvalue weighted by Gasteiger charge is 2.19. The maximum Gasteiger partial charge on any atom is 0.242 e. The number of aryl methyl sites for hydroxylation is 1. The molecule has 7 heteroatoms. The smallest absolute Gasteiger partial charge is 0.242 e. The largest absolute Gasteiger partial charge is 0.456 e. The molecule has 0 spiro atoms. The number of hydrogen-bond acceptors (Lipinski definition) is 3. The van der Waals surface area contributed by atoms with Gasteiger partial charge in [-0.25, -0.2) is 17.1 Å². The predicted molar refractivity (Wildman–Crippen MR) is 83.5 cm³/mol. The van der Waals surface area contributed by atoms with Gasteiger partial charge in [0.15, 0.2) is 0 Å². The first-order chi connectivity index (χ1) is 10.2. The first-order valence-electron chi connectivity index (χ1n) is 6.38. The number of benzene rings is 2. The van der Waals surface area contributed by atoms with Crippen molar-refractivity contribution in [3.05, 3.63) is 52.8 Å². The van der Waals surface area contributed by atoms with Crippen LogP contribution in [0.1, 0.15) is 5.56 Å². The minimum Gasteiger partial charge on any atom is -0.456 e. The van der Waals surface area contributed by atoms with E-state index in [1.165, 1.54) is 50.5 Å². The van der Waals surface area contributed by atoms with E-state index in [4.69, 9.17) is 16.3 Å². The number of nitrogens with zero attached hydrogens (tertiary/aromatic N) is 1. The van der Waals surface area contributed by atoms with Gasteiger partial charge in [-0.1, -0.05) is 11.6 Å². The van der Waals surface area contributed by atoms with Gasteiger partial charge in [-0.15, -0.1) is 0 Å². The van der Waals surface area contributed by atoms with Crippen molar-refractivity contribution in [3.63, 3.8) is 0 Å². The van der Waals surface area contributed by atoms with Gasteiger partial charge >= 0.3 is 0 Å². The van der Waals surface area contributed by atoms with Gasteiger partial charge in [0.25, 0.3) is 0 Å². The molecule has 0 radical (unpaired) electrons. The third-order valence-electron chi connectivity index (χ3n) is 3.04. The van der Waals surface area contributed by atoms with Gasteiger partial charge in [-0.2, -0.15) is 0 Å². The molecular formula is C15H15ClFNO3S. The van der Waals surface area contributed by atoms with E-state index >= 15 is 0 Å². The molecule has 0 unspecified atom stereocenters. The maximum absolute atomic E-state index is 13.1. The van der Waals surface area contributed by atoms with Crippen molar-refractivity contribution < 1.29 is 17.5 Å². The molecule has 0 saturated carbocycles. The molecule has 2 rings (SSSR count). The van der Waals surface area contributed by atoms with E-state index in [2.05, 4.69) is 0 Å². The zero-order valence-corrected chi connectivity index (χ0v) is 13.9. The van der Waals surface area contributed by atoms with E-state index in [0.29, 0.717) is 17.1 Å². The molecule has 0 aromatic heterocycles. The molecule has 0 amide bonds. The zero-order valence-electron chi connectivity index (χ0n) is 12.3. The molecule has 2 aromatic carbocycles. The van der Waals surface area contributed by atoms with E-state index in [0.717, 1.165) is 4.31 Å². The maximum atomic E-state index is 13.1. The number of hydrogen-bond donors (Lipinski definition) is 0. The van der Waals surface area contributed by atoms with Gasteiger partial charge in [-0.05, 0) is 48.9 Å². The van der Waals surface area contributed by atoms with Crippen LogP contribution in [0, 0.1) is 12.7 Å². The average molecular weight is 344 g/mol. The summed E-state index contributed by atoms with van der Waals surface area (Å²) in [5, 5.41) is 0.159. The Morgan fingerprint density at radius 3 is 2.27 bits per heavy atom. The first-order valence-corrected chi connectivity index (χ1v) is 8.19. The monoisotopic (exact) mass is 343 g/mol. The SMILES string of the molecule is Cc1cc(F)ccc1Oc1ccc(S(=O)(=O)N(C)C)cc1Cl. The highest BCUT2D eigenvalue weighted by atomic mass is 35.5. The Kier molecular flexibility index (Phi) is 4.75. The van der Waals surface area contributed by atoms with Gasteiger partial charge in [0, 0.05) is 14.1 Å². The number of sulfonamides is 1. The van der Waals surface area contributed by atoms with Gasteiger partial charge in [0.05, 0.1) is 9.92 Å². The molecule has 118 valence electrons. The zero-order chi connectivity index (χ0) is 16.5. The van der Waals surface area contributed by atoms with E-state index in [9.17, 15) is 12.8 Å². The van der Waals surface area contributed by atoms with E-state index in [1.54, 1.807) is 6.92 Å². The molecule has 0 aliphatic carbocycles. The van der Waals surface area contributed by atoms with Gasteiger partial charge in [0.1, 0.15) is 17.3 Å². The average Bonchev–Trinajstić information content (AvgIpc) is 2.43. The summed E-state index contributed by atoms with van der Waals surface area (Å²) in [6.45, 7) is 1.71. The van der Waals surface area contributed by atoms with Crippen molar-refractivity contribution in [1.82, 2.24) is 4.31 Å². The topological polar surface area (TPSA) is 46.6 Å². The minimum atomic E-state index is -3.56. The molecule has 0 N–H and O–H groups in total. The van der Waals surface area contributed by atoms with Crippen molar-refractivity contribution in [2.75, 3.05) is 14.1 Å². The number of ether oxygens (including phenoxy) is 1. The van der Waals surface area contributed by atoms with Crippen LogP contribution in [0.5, 0.6) is 11.5 Å². The fraction of sp³-hybridized carbons (Fsp3) is 0.200. The fourth-order valence-electron chi connectivity index (χ4n) is 1.78. The first kappa shape index (κ1) is 16.7. The van der Waals surface area contributed by atoms with Crippen LogP contribution in [0.3, 0.4) is 0 Å². The predicted octanol–water partition coefficient (Wildman–Crippen LogP) is 3.83. The Hall–Kier alpha value is -1.63. The fourth-order valence-corrected chi connectivity index (χ4v) is 2.99. The Morgan fingerprint density at radius 2 is 1.73 bits per heavy atom. The molecule has 0 fully saturated rings. The van der Waals surface area contributed by atoms with Gasteiger partial charge in [-0.3, -0.25) is 0 Å². The van der Waals surface area contributed by atoms with Crippen molar-refractivity contribution >= 4 is 21.6 Å². The van der Waals surface area contributed by atoms with Crippen LogP contribution in [0.2, 0.25) is 5.02 Å². The summed E-state index contributed by atoms with van der Waals surface area (Å²) in [6, 6.07) is 8.32. The van der Waals surface area contributed by atoms with Crippen LogP contribution in [0.15, 0.2) is 41.3 Å². The molecule has 0 heterocycles. The molecule has 0 aliphatic rings. The summed E-state index contributed by atoms with van der Waals surface area (Å²) in [7, 11) is -0.679. The van der Waals surface area contributed by atoms with Crippen LogP contribution in [0.4, 0.5) is 4.39 Å². The lowest BCUT2D eigenvalue weighted by Crippen LogP contribution is -2.22. The van der Waals surface area contributed by atoms with Crippen LogP contribution >= 0.6 is 11.6 Å². The highest BCUT2D eigenvalue weighted by Crippen LogP contribution is 2.33.